The van der Waals surface area contributed by atoms with Crippen molar-refractivity contribution >= 4 is 28.3 Å². The Kier molecular flexibility index (Phi) is 6.41. The van der Waals surface area contributed by atoms with E-state index in [1.165, 1.54) is 30.0 Å². The van der Waals surface area contributed by atoms with E-state index < -0.39 is 23.8 Å². The Balaban J connectivity index is 1.77. The molecule has 0 saturated carbocycles. The average molecular weight is 471 g/mol. The molecular weight excluding hydrogens is 447 g/mol. The molecule has 0 aliphatic carbocycles. The summed E-state index contributed by atoms with van der Waals surface area (Å²) in [4.78, 5) is 35.1. The second-order valence-corrected chi connectivity index (χ2v) is 8.26. The Labute approximate surface area is 193 Å². The van der Waals surface area contributed by atoms with E-state index in [0.29, 0.717) is 41.9 Å². The lowest BCUT2D eigenvalue weighted by Crippen LogP contribution is -2.35. The second kappa shape index (κ2) is 9.28. The highest BCUT2D eigenvalue weighted by atomic mass is 19.3. The largest absolute Gasteiger partial charge is 0.363 e. The van der Waals surface area contributed by atoms with Crippen LogP contribution < -0.4 is 10.9 Å². The van der Waals surface area contributed by atoms with E-state index in [1.807, 2.05) is 6.08 Å². The first-order valence-corrected chi connectivity index (χ1v) is 10.8. The molecule has 3 heterocycles. The first-order valence-electron chi connectivity index (χ1n) is 10.8. The van der Waals surface area contributed by atoms with Gasteiger partial charge in [0.15, 0.2) is 0 Å². The van der Waals surface area contributed by atoms with Crippen LogP contribution in [0.15, 0.2) is 41.5 Å². The van der Waals surface area contributed by atoms with E-state index in [9.17, 15) is 22.8 Å². The van der Waals surface area contributed by atoms with Crippen LogP contribution in [0.5, 0.6) is 0 Å². The summed E-state index contributed by atoms with van der Waals surface area (Å²) < 4.78 is 42.4. The van der Waals surface area contributed by atoms with Crippen LogP contribution in [-0.2, 0) is 11.8 Å². The number of amides is 1. The zero-order chi connectivity index (χ0) is 24.6. The van der Waals surface area contributed by atoms with Crippen molar-refractivity contribution in [1.29, 1.82) is 0 Å². The van der Waals surface area contributed by atoms with Gasteiger partial charge in [0.1, 0.15) is 23.6 Å². The molecule has 0 spiro atoms. The first kappa shape index (κ1) is 23.5. The Morgan fingerprint density at radius 2 is 1.94 bits per heavy atom. The van der Waals surface area contributed by atoms with Crippen molar-refractivity contribution in [3.8, 4) is 0 Å². The number of carbonyl (C=O) groups excluding carboxylic acids is 1. The Morgan fingerprint density at radius 3 is 2.65 bits per heavy atom. The quantitative estimate of drug-likeness (QED) is 0.603. The maximum absolute atomic E-state index is 14.7. The fraction of sp³-hybridized carbons (Fsp3) is 0.333. The lowest BCUT2D eigenvalue weighted by Gasteiger charge is -2.26. The van der Waals surface area contributed by atoms with Gasteiger partial charge in [-0.2, -0.15) is 0 Å². The number of nitrogens with one attached hydrogen (secondary N) is 1. The van der Waals surface area contributed by atoms with Gasteiger partial charge in [-0.1, -0.05) is 24.3 Å². The van der Waals surface area contributed by atoms with Gasteiger partial charge >= 0.3 is 0 Å². The van der Waals surface area contributed by atoms with Gasteiger partial charge in [-0.15, -0.1) is 0 Å². The molecule has 0 fully saturated rings. The van der Waals surface area contributed by atoms with E-state index in [0.717, 1.165) is 11.6 Å². The van der Waals surface area contributed by atoms with Crippen molar-refractivity contribution in [1.82, 2.24) is 19.4 Å². The zero-order valence-electron chi connectivity index (χ0n) is 19.0. The predicted molar refractivity (Wildman–Crippen MR) is 123 cm³/mol. The molecule has 3 aromatic rings. The Morgan fingerprint density at radius 1 is 1.21 bits per heavy atom. The number of alkyl halides is 2. The van der Waals surface area contributed by atoms with Crippen LogP contribution >= 0.6 is 0 Å². The minimum Gasteiger partial charge on any atom is -0.363 e. The zero-order valence-corrected chi connectivity index (χ0v) is 19.0. The maximum atomic E-state index is 14.7. The third-order valence-electron chi connectivity index (χ3n) is 6.06. The van der Waals surface area contributed by atoms with Gasteiger partial charge in [-0.05, 0) is 25.0 Å². The third-order valence-corrected chi connectivity index (χ3v) is 6.06. The lowest BCUT2D eigenvalue weighted by atomic mass is 10.0. The number of rotatable bonds is 5. The van der Waals surface area contributed by atoms with Gasteiger partial charge < -0.3 is 10.2 Å². The number of halogens is 3. The molecule has 4 rings (SSSR count). The van der Waals surface area contributed by atoms with Gasteiger partial charge in [0.05, 0.1) is 17.0 Å². The van der Waals surface area contributed by atoms with Crippen LogP contribution in [0, 0.1) is 5.82 Å². The minimum atomic E-state index is -2.93. The summed E-state index contributed by atoms with van der Waals surface area (Å²) in [5, 5.41) is 3.59. The maximum Gasteiger partial charge on any atom is 0.266 e. The van der Waals surface area contributed by atoms with Gasteiger partial charge in [-0.3, -0.25) is 14.2 Å². The number of aryl methyl sites for hydroxylation is 1. The number of aromatic nitrogens is 3. The van der Waals surface area contributed by atoms with Crippen LogP contribution in [0.3, 0.4) is 0 Å². The van der Waals surface area contributed by atoms with Crippen LogP contribution in [0.1, 0.15) is 49.4 Å². The Hall–Kier alpha value is -3.69. The number of anilines is 1. The normalized spacial score (nSPS) is 14.9. The van der Waals surface area contributed by atoms with Gasteiger partial charge in [0.25, 0.3) is 12.0 Å². The van der Waals surface area contributed by atoms with Crippen molar-refractivity contribution in [2.75, 3.05) is 18.4 Å². The summed E-state index contributed by atoms with van der Waals surface area (Å²) >= 11 is 0. The number of hydrogen-bond acceptors (Lipinski definition) is 5. The summed E-state index contributed by atoms with van der Waals surface area (Å²) in [6.07, 6.45) is 0.915. The fourth-order valence-corrected chi connectivity index (χ4v) is 4.18. The van der Waals surface area contributed by atoms with Gasteiger partial charge in [0, 0.05) is 38.2 Å². The summed E-state index contributed by atoms with van der Waals surface area (Å²) in [7, 11) is 1.59. The predicted octanol–water partition coefficient (Wildman–Crippen LogP) is 4.21. The molecule has 0 bridgehead atoms. The number of fused-ring (bicyclic) bond motifs is 1. The number of hydrogen-bond donors (Lipinski definition) is 1. The van der Waals surface area contributed by atoms with Crippen LogP contribution in [-0.4, -0.2) is 38.4 Å². The molecule has 1 aliphatic heterocycles. The molecule has 1 atom stereocenters. The SMILES string of the molecule is CC(=O)N1CCC=C(c2cc3c(N[C@H](C)c4cccc(C(F)F)c4F)ncnc3n(C)c2=O)C1. The van der Waals surface area contributed by atoms with E-state index >= 15 is 0 Å². The molecule has 0 unspecified atom stereocenters. The van der Waals surface area contributed by atoms with Crippen molar-refractivity contribution in [2.24, 2.45) is 7.05 Å². The average Bonchev–Trinajstić information content (AvgIpc) is 2.81. The van der Waals surface area contributed by atoms with Crippen LogP contribution in [0.2, 0.25) is 0 Å². The van der Waals surface area contributed by atoms with Gasteiger partial charge in [-0.25, -0.2) is 23.1 Å². The molecule has 1 N–H and O–H groups in total. The number of carbonyl (C=O) groups is 1. The van der Waals surface area contributed by atoms with E-state index in [-0.39, 0.29) is 17.0 Å². The molecule has 178 valence electrons. The van der Waals surface area contributed by atoms with E-state index in [1.54, 1.807) is 24.9 Å². The topological polar surface area (TPSA) is 80.1 Å². The molecule has 7 nitrogen and oxygen atoms in total. The molecule has 1 aliphatic rings. The molecule has 10 heteroatoms. The van der Waals surface area contributed by atoms with Crippen molar-refractivity contribution in [3.05, 3.63) is 69.5 Å². The molecule has 34 heavy (non-hydrogen) atoms. The van der Waals surface area contributed by atoms with Crippen LogP contribution in [0.25, 0.3) is 16.6 Å². The second-order valence-electron chi connectivity index (χ2n) is 8.26. The molecule has 0 radical (unpaired) electrons. The minimum absolute atomic E-state index is 0.0710. The van der Waals surface area contributed by atoms with E-state index in [4.69, 9.17) is 0 Å². The summed E-state index contributed by atoms with van der Waals surface area (Å²) in [6, 6.07) is 4.84. The number of pyridine rings is 1. The van der Waals surface area contributed by atoms with E-state index in [2.05, 4.69) is 15.3 Å². The molecule has 0 saturated heterocycles. The molecule has 1 amide bonds. The van der Waals surface area contributed by atoms with Crippen molar-refractivity contribution < 1.29 is 18.0 Å². The molecular formula is C24H24F3N5O2. The number of nitrogens with zero attached hydrogens (tertiary/aromatic N) is 4. The Bertz CT molecular complexity index is 1350. The van der Waals surface area contributed by atoms with Gasteiger partial charge in [0.2, 0.25) is 5.91 Å². The highest BCUT2D eigenvalue weighted by Gasteiger charge is 2.23. The summed E-state index contributed by atoms with van der Waals surface area (Å²) in [5.74, 6) is -0.715. The monoisotopic (exact) mass is 471 g/mol. The highest BCUT2D eigenvalue weighted by molar-refractivity contribution is 5.90. The standard InChI is InChI=1S/C24H24F3N5O2/c1-13(16-7-4-8-17(20(16)25)21(26)27)30-22-19-10-18(15-6-5-9-32(11-15)14(2)33)24(34)31(3)23(19)29-12-28-22/h4,6-8,10,12-13,21H,5,9,11H2,1-3H3,(H,28,29,30)/t13-/m1/s1. The van der Waals surface area contributed by atoms with Crippen molar-refractivity contribution in [2.45, 2.75) is 32.7 Å². The third kappa shape index (κ3) is 4.27. The fourth-order valence-electron chi connectivity index (χ4n) is 4.18. The number of benzene rings is 1. The van der Waals surface area contributed by atoms with Crippen LogP contribution in [0.4, 0.5) is 19.0 Å². The summed E-state index contributed by atoms with van der Waals surface area (Å²) in [5.41, 5.74) is 0.641. The summed E-state index contributed by atoms with van der Waals surface area (Å²) in [6.45, 7) is 4.03. The molecule has 1 aromatic carbocycles. The smallest absolute Gasteiger partial charge is 0.266 e. The lowest BCUT2D eigenvalue weighted by molar-refractivity contribution is -0.128. The van der Waals surface area contributed by atoms with Crippen molar-refractivity contribution in [3.63, 3.8) is 0 Å². The molecule has 2 aromatic heterocycles. The highest BCUT2D eigenvalue weighted by Crippen LogP contribution is 2.30. The first-order chi connectivity index (χ1) is 16.2.